The average molecular weight is 505 g/mol. The number of carbonyl (C=O) groups is 1. The van der Waals surface area contributed by atoms with Crippen LogP contribution in [0.5, 0.6) is 0 Å². The number of aromatic nitrogens is 4. The maximum absolute atomic E-state index is 11.7. The SMILES string of the molecule is C=NC1(n2ncc3c(N4CC5CCC(C4)O5)nc(-c4ccc(NC(=O)NC)cc4)nc32)CCC(O)CC1. The molecule has 2 amide bonds. The van der Waals surface area contributed by atoms with Crippen molar-refractivity contribution in [2.24, 2.45) is 4.99 Å². The highest BCUT2D eigenvalue weighted by Crippen LogP contribution is 2.40. The summed E-state index contributed by atoms with van der Waals surface area (Å²) >= 11 is 0. The zero-order valence-corrected chi connectivity index (χ0v) is 20.9. The van der Waals surface area contributed by atoms with Gasteiger partial charge >= 0.3 is 6.03 Å². The van der Waals surface area contributed by atoms with E-state index in [1.165, 1.54) is 0 Å². The van der Waals surface area contributed by atoms with E-state index in [4.69, 9.17) is 19.8 Å². The fraction of sp³-hybridized carbons (Fsp3) is 0.500. The summed E-state index contributed by atoms with van der Waals surface area (Å²) in [7, 11) is 1.58. The molecule has 11 heteroatoms. The molecule has 3 N–H and O–H groups in total. The average Bonchev–Trinajstić information content (AvgIpc) is 3.51. The maximum Gasteiger partial charge on any atom is 0.318 e. The van der Waals surface area contributed by atoms with Crippen molar-refractivity contribution in [2.75, 3.05) is 30.4 Å². The Balaban J connectivity index is 1.45. The van der Waals surface area contributed by atoms with E-state index < -0.39 is 5.66 Å². The lowest BCUT2D eigenvalue weighted by Crippen LogP contribution is -2.43. The largest absolute Gasteiger partial charge is 0.393 e. The van der Waals surface area contributed by atoms with Crippen molar-refractivity contribution < 1.29 is 14.6 Å². The number of hydrogen-bond donors (Lipinski definition) is 3. The van der Waals surface area contributed by atoms with Gasteiger partial charge in [-0.1, -0.05) is 0 Å². The van der Waals surface area contributed by atoms with Crippen LogP contribution in [0, 0.1) is 0 Å². The van der Waals surface area contributed by atoms with E-state index in [1.807, 2.05) is 35.1 Å². The molecule has 1 saturated carbocycles. The quantitative estimate of drug-likeness (QED) is 0.456. The number of fused-ring (bicyclic) bond motifs is 3. The summed E-state index contributed by atoms with van der Waals surface area (Å²) in [6, 6.07) is 7.19. The Labute approximate surface area is 214 Å². The molecule has 4 heterocycles. The number of nitrogens with zero attached hydrogens (tertiary/aromatic N) is 6. The highest BCUT2D eigenvalue weighted by atomic mass is 16.5. The molecule has 6 rings (SSSR count). The molecule has 1 aliphatic carbocycles. The second-order valence-electron chi connectivity index (χ2n) is 10.2. The lowest BCUT2D eigenvalue weighted by atomic mass is 9.87. The lowest BCUT2D eigenvalue weighted by molar-refractivity contribution is 0.0303. The van der Waals surface area contributed by atoms with Gasteiger partial charge in [-0.3, -0.25) is 4.99 Å². The number of aliphatic hydroxyl groups excluding tert-OH is 1. The number of ether oxygens (including phenoxy) is 1. The summed E-state index contributed by atoms with van der Waals surface area (Å²) in [4.78, 5) is 28.6. The van der Waals surface area contributed by atoms with Crippen molar-refractivity contribution in [3.05, 3.63) is 30.5 Å². The second-order valence-corrected chi connectivity index (χ2v) is 10.2. The van der Waals surface area contributed by atoms with Crippen molar-refractivity contribution in [2.45, 2.75) is 62.5 Å². The number of morpholine rings is 1. The van der Waals surface area contributed by atoms with Gasteiger partial charge in [0.15, 0.2) is 17.1 Å². The van der Waals surface area contributed by atoms with E-state index in [0.29, 0.717) is 42.8 Å². The van der Waals surface area contributed by atoms with Crippen LogP contribution in [0.3, 0.4) is 0 Å². The summed E-state index contributed by atoms with van der Waals surface area (Å²) in [6.45, 7) is 5.46. The van der Waals surface area contributed by atoms with Crippen LogP contribution in [-0.4, -0.2) is 76.1 Å². The number of nitrogens with one attached hydrogen (secondary N) is 2. The van der Waals surface area contributed by atoms with E-state index in [0.717, 1.165) is 42.7 Å². The number of amides is 2. The van der Waals surface area contributed by atoms with Gasteiger partial charge in [-0.25, -0.2) is 19.4 Å². The number of benzene rings is 1. The predicted octanol–water partition coefficient (Wildman–Crippen LogP) is 2.90. The summed E-state index contributed by atoms with van der Waals surface area (Å²) < 4.78 is 7.96. The van der Waals surface area contributed by atoms with Gasteiger partial charge in [-0.2, -0.15) is 5.10 Å². The van der Waals surface area contributed by atoms with Gasteiger partial charge in [0.1, 0.15) is 5.82 Å². The molecule has 2 aliphatic heterocycles. The summed E-state index contributed by atoms with van der Waals surface area (Å²) in [5.74, 6) is 1.42. The molecule has 2 aromatic heterocycles. The number of rotatable bonds is 5. The van der Waals surface area contributed by atoms with Gasteiger partial charge in [0.05, 0.1) is 29.9 Å². The van der Waals surface area contributed by atoms with E-state index in [2.05, 4.69) is 27.2 Å². The molecule has 2 saturated heterocycles. The first-order chi connectivity index (χ1) is 18.0. The molecule has 3 fully saturated rings. The molecule has 2 unspecified atom stereocenters. The normalized spacial score (nSPS) is 27.3. The van der Waals surface area contributed by atoms with Crippen LogP contribution in [0.2, 0.25) is 0 Å². The van der Waals surface area contributed by atoms with Crippen molar-refractivity contribution in [3.63, 3.8) is 0 Å². The molecule has 37 heavy (non-hydrogen) atoms. The van der Waals surface area contributed by atoms with Gasteiger partial charge in [-0.15, -0.1) is 0 Å². The third-order valence-electron chi connectivity index (χ3n) is 7.82. The van der Waals surface area contributed by atoms with Gasteiger partial charge < -0.3 is 25.4 Å². The molecular weight excluding hydrogens is 472 g/mol. The summed E-state index contributed by atoms with van der Waals surface area (Å²) in [5.41, 5.74) is 1.55. The first-order valence-electron chi connectivity index (χ1n) is 12.9. The third-order valence-corrected chi connectivity index (χ3v) is 7.82. The van der Waals surface area contributed by atoms with Crippen molar-refractivity contribution >= 4 is 35.3 Å². The van der Waals surface area contributed by atoms with Crippen LogP contribution in [0.1, 0.15) is 38.5 Å². The minimum Gasteiger partial charge on any atom is -0.393 e. The molecule has 194 valence electrons. The van der Waals surface area contributed by atoms with Gasteiger partial charge in [0.25, 0.3) is 0 Å². The number of hydrogen-bond acceptors (Lipinski definition) is 8. The monoisotopic (exact) mass is 504 g/mol. The Morgan fingerprint density at radius 3 is 2.49 bits per heavy atom. The number of carbonyl (C=O) groups excluding carboxylic acids is 1. The molecule has 3 aromatic rings. The van der Waals surface area contributed by atoms with Crippen LogP contribution in [0.25, 0.3) is 22.4 Å². The fourth-order valence-electron chi connectivity index (χ4n) is 5.75. The molecule has 1 aromatic carbocycles. The number of anilines is 2. The van der Waals surface area contributed by atoms with Gasteiger partial charge in [0.2, 0.25) is 0 Å². The summed E-state index contributed by atoms with van der Waals surface area (Å²) in [6.07, 6.45) is 6.60. The molecule has 2 bridgehead atoms. The Morgan fingerprint density at radius 1 is 1.14 bits per heavy atom. The zero-order valence-electron chi connectivity index (χ0n) is 20.9. The van der Waals surface area contributed by atoms with Crippen LogP contribution in [0.4, 0.5) is 16.3 Å². The van der Waals surface area contributed by atoms with Crippen LogP contribution >= 0.6 is 0 Å². The molecule has 11 nitrogen and oxygen atoms in total. The van der Waals surface area contributed by atoms with Crippen molar-refractivity contribution in [3.8, 4) is 11.4 Å². The first kappa shape index (κ1) is 23.8. The lowest BCUT2D eigenvalue weighted by Gasteiger charge is -2.36. The smallest absolute Gasteiger partial charge is 0.318 e. The fourth-order valence-corrected chi connectivity index (χ4v) is 5.75. The standard InChI is InChI=1S/C26H32N8O3/c1-27-25(36)30-17-5-3-16(4-6-17)22-31-23(33-14-19-7-8-20(15-33)37-19)21-13-29-34(24(21)32-22)26(28-2)11-9-18(35)10-12-26/h3-6,13,18-20,35H,2,7-12,14-15H2,1H3,(H2,27,30,36). The van der Waals surface area contributed by atoms with E-state index in [1.54, 1.807) is 7.05 Å². The molecule has 0 radical (unpaired) electrons. The Kier molecular flexibility index (Phi) is 6.04. The van der Waals surface area contributed by atoms with E-state index in [9.17, 15) is 9.90 Å². The summed E-state index contributed by atoms with van der Waals surface area (Å²) in [5, 5.41) is 21.1. The van der Waals surface area contributed by atoms with Crippen LogP contribution in [-0.2, 0) is 10.4 Å². The minimum absolute atomic E-state index is 0.207. The molecular formula is C26H32N8O3. The van der Waals surface area contributed by atoms with Crippen LogP contribution in [0.15, 0.2) is 35.5 Å². The van der Waals surface area contributed by atoms with Gasteiger partial charge in [-0.05, 0) is 69.5 Å². The second kappa shape index (κ2) is 9.38. The topological polar surface area (TPSA) is 130 Å². The number of aliphatic imine (C=N–C) groups is 1. The zero-order chi connectivity index (χ0) is 25.6. The van der Waals surface area contributed by atoms with Crippen molar-refractivity contribution in [1.29, 1.82) is 0 Å². The first-order valence-corrected chi connectivity index (χ1v) is 12.9. The minimum atomic E-state index is -0.658. The molecule has 0 spiro atoms. The molecule has 3 aliphatic rings. The van der Waals surface area contributed by atoms with E-state index in [-0.39, 0.29) is 24.3 Å². The third kappa shape index (κ3) is 4.31. The Hall–Kier alpha value is -3.57. The highest BCUT2D eigenvalue weighted by molar-refractivity contribution is 5.90. The highest BCUT2D eigenvalue weighted by Gasteiger charge is 2.39. The maximum atomic E-state index is 11.7. The molecule has 2 atom stereocenters. The number of urea groups is 1. The van der Waals surface area contributed by atoms with Gasteiger partial charge in [0, 0.05) is 31.4 Å². The van der Waals surface area contributed by atoms with E-state index >= 15 is 0 Å². The predicted molar refractivity (Wildman–Crippen MR) is 141 cm³/mol. The van der Waals surface area contributed by atoms with Crippen LogP contribution < -0.4 is 15.5 Å². The number of aliphatic hydroxyl groups is 1. The Morgan fingerprint density at radius 2 is 1.84 bits per heavy atom. The Bertz CT molecular complexity index is 1300. The van der Waals surface area contributed by atoms with Crippen molar-refractivity contribution in [1.82, 2.24) is 25.1 Å².